The van der Waals surface area contributed by atoms with E-state index in [0.717, 1.165) is 0 Å². The Bertz CT molecular complexity index is 748. The molecular formula is C20H34N4O9S. The van der Waals surface area contributed by atoms with Gasteiger partial charge in [-0.2, -0.15) is 11.8 Å². The van der Waals surface area contributed by atoms with Crippen LogP contribution in [0.2, 0.25) is 0 Å². The Labute approximate surface area is 201 Å². The molecule has 4 atom stereocenters. The quantitative estimate of drug-likeness (QED) is 0.126. The molecule has 0 aliphatic rings. The summed E-state index contributed by atoms with van der Waals surface area (Å²) < 4.78 is 0. The molecule has 0 fully saturated rings. The van der Waals surface area contributed by atoms with Crippen LogP contribution in [0.4, 0.5) is 0 Å². The highest BCUT2D eigenvalue weighted by Gasteiger charge is 2.32. The van der Waals surface area contributed by atoms with Gasteiger partial charge in [0.05, 0.1) is 12.5 Å². The molecule has 0 heterocycles. The van der Waals surface area contributed by atoms with Gasteiger partial charge in [0.15, 0.2) is 0 Å². The molecule has 194 valence electrons. The zero-order chi connectivity index (χ0) is 26.4. The highest BCUT2D eigenvalue weighted by molar-refractivity contribution is 7.98. The fourth-order valence-electron chi connectivity index (χ4n) is 2.81. The second kappa shape index (κ2) is 15.9. The molecule has 0 spiro atoms. The number of carbonyl (C=O) groups excluding carboxylic acids is 3. The first kappa shape index (κ1) is 31.1. The van der Waals surface area contributed by atoms with E-state index in [1.807, 2.05) is 6.26 Å². The molecule has 13 nitrogen and oxygen atoms in total. The summed E-state index contributed by atoms with van der Waals surface area (Å²) in [6.07, 6.45) is 0.491. The molecule has 0 radical (unpaired) electrons. The molecule has 14 heteroatoms. The van der Waals surface area contributed by atoms with Crippen LogP contribution in [0.1, 0.15) is 46.0 Å². The summed E-state index contributed by atoms with van der Waals surface area (Å²) in [5, 5.41) is 34.1. The molecule has 4 unspecified atom stereocenters. The number of nitrogens with one attached hydrogen (secondary N) is 3. The fraction of sp³-hybridized carbons (Fsp3) is 0.700. The summed E-state index contributed by atoms with van der Waals surface area (Å²) in [4.78, 5) is 71.3. The lowest BCUT2D eigenvalue weighted by Gasteiger charge is -2.24. The molecule has 0 aromatic heterocycles. The number of carbonyl (C=O) groups is 6. The van der Waals surface area contributed by atoms with Crippen LogP contribution in [0.15, 0.2) is 0 Å². The SMILES string of the molecule is CSCCC(N)C(=O)NC(CCC(=O)O)C(=O)NC(CC(=O)O)C(=O)NC(CC(C)C)C(=O)O. The number of thioether (sulfide) groups is 1. The molecule has 3 amide bonds. The van der Waals surface area contributed by atoms with Crippen molar-refractivity contribution in [3.63, 3.8) is 0 Å². The van der Waals surface area contributed by atoms with Crippen LogP contribution in [0.25, 0.3) is 0 Å². The summed E-state index contributed by atoms with van der Waals surface area (Å²) >= 11 is 1.46. The van der Waals surface area contributed by atoms with Gasteiger partial charge in [-0.1, -0.05) is 13.8 Å². The lowest BCUT2D eigenvalue weighted by atomic mass is 10.0. The third-order valence-electron chi connectivity index (χ3n) is 4.58. The fourth-order valence-corrected chi connectivity index (χ4v) is 3.30. The van der Waals surface area contributed by atoms with E-state index in [0.29, 0.717) is 12.2 Å². The topological polar surface area (TPSA) is 225 Å². The Hall–Kier alpha value is -2.87. The van der Waals surface area contributed by atoms with Crippen molar-refractivity contribution in [1.29, 1.82) is 0 Å². The number of nitrogens with two attached hydrogens (primary N) is 1. The van der Waals surface area contributed by atoms with E-state index in [2.05, 4.69) is 16.0 Å². The van der Waals surface area contributed by atoms with Crippen molar-refractivity contribution in [2.45, 2.75) is 70.1 Å². The summed E-state index contributed by atoms with van der Waals surface area (Å²) in [7, 11) is 0. The van der Waals surface area contributed by atoms with Crippen molar-refractivity contribution in [1.82, 2.24) is 16.0 Å². The lowest BCUT2D eigenvalue weighted by Crippen LogP contribution is -2.57. The number of carboxylic acids is 3. The Balaban J connectivity index is 5.54. The van der Waals surface area contributed by atoms with Crippen molar-refractivity contribution in [2.75, 3.05) is 12.0 Å². The molecule has 0 aromatic rings. The average Bonchev–Trinajstić information content (AvgIpc) is 2.72. The average molecular weight is 507 g/mol. The maximum atomic E-state index is 12.8. The minimum atomic E-state index is -1.66. The van der Waals surface area contributed by atoms with Gasteiger partial charge in [-0.05, 0) is 37.2 Å². The monoisotopic (exact) mass is 506 g/mol. The highest BCUT2D eigenvalue weighted by Crippen LogP contribution is 2.07. The normalized spacial score (nSPS) is 14.4. The van der Waals surface area contributed by atoms with Gasteiger partial charge in [0.1, 0.15) is 18.1 Å². The van der Waals surface area contributed by atoms with E-state index in [1.54, 1.807) is 13.8 Å². The molecule has 0 aliphatic heterocycles. The van der Waals surface area contributed by atoms with Crippen LogP contribution < -0.4 is 21.7 Å². The number of amides is 3. The molecule has 0 saturated heterocycles. The number of aliphatic carboxylic acids is 3. The molecule has 0 rings (SSSR count). The zero-order valence-corrected chi connectivity index (χ0v) is 20.2. The molecule has 8 N–H and O–H groups in total. The van der Waals surface area contributed by atoms with E-state index >= 15 is 0 Å². The smallest absolute Gasteiger partial charge is 0.326 e. The van der Waals surface area contributed by atoms with Gasteiger partial charge in [-0.25, -0.2) is 4.79 Å². The molecule has 0 bridgehead atoms. The Morgan fingerprint density at radius 1 is 0.794 bits per heavy atom. The van der Waals surface area contributed by atoms with Gasteiger partial charge in [-0.3, -0.25) is 24.0 Å². The largest absolute Gasteiger partial charge is 0.481 e. The lowest BCUT2D eigenvalue weighted by molar-refractivity contribution is -0.144. The summed E-state index contributed by atoms with van der Waals surface area (Å²) in [5.74, 6) is -6.27. The zero-order valence-electron chi connectivity index (χ0n) is 19.4. The number of rotatable bonds is 17. The highest BCUT2D eigenvalue weighted by atomic mass is 32.2. The van der Waals surface area contributed by atoms with E-state index in [9.17, 15) is 33.9 Å². The summed E-state index contributed by atoms with van der Waals surface area (Å²) in [5.41, 5.74) is 5.78. The van der Waals surface area contributed by atoms with Gasteiger partial charge in [0, 0.05) is 6.42 Å². The van der Waals surface area contributed by atoms with Crippen LogP contribution in [0.5, 0.6) is 0 Å². The second-order valence-electron chi connectivity index (χ2n) is 8.07. The van der Waals surface area contributed by atoms with E-state index < -0.39 is 72.6 Å². The van der Waals surface area contributed by atoms with Crippen molar-refractivity contribution < 1.29 is 44.1 Å². The third kappa shape index (κ3) is 13.0. The van der Waals surface area contributed by atoms with Crippen LogP contribution >= 0.6 is 11.8 Å². The van der Waals surface area contributed by atoms with Gasteiger partial charge in [0.25, 0.3) is 0 Å². The summed E-state index contributed by atoms with van der Waals surface area (Å²) in [6.45, 7) is 3.47. The van der Waals surface area contributed by atoms with E-state index in [4.69, 9.17) is 15.9 Å². The number of carboxylic acid groups (broad SMARTS) is 3. The maximum absolute atomic E-state index is 12.8. The van der Waals surface area contributed by atoms with Gasteiger partial charge in [-0.15, -0.1) is 0 Å². The Morgan fingerprint density at radius 3 is 1.79 bits per heavy atom. The Morgan fingerprint density at radius 2 is 1.32 bits per heavy atom. The van der Waals surface area contributed by atoms with Gasteiger partial charge in [0.2, 0.25) is 17.7 Å². The minimum Gasteiger partial charge on any atom is -0.481 e. The molecule has 34 heavy (non-hydrogen) atoms. The van der Waals surface area contributed by atoms with Crippen LogP contribution in [-0.4, -0.2) is 87.1 Å². The van der Waals surface area contributed by atoms with Crippen LogP contribution in [0, 0.1) is 5.92 Å². The van der Waals surface area contributed by atoms with Gasteiger partial charge < -0.3 is 37.0 Å². The molecule has 0 aromatic carbocycles. The predicted octanol–water partition coefficient (Wildman–Crippen LogP) is -1.01. The predicted molar refractivity (Wildman–Crippen MR) is 123 cm³/mol. The Kier molecular flexibility index (Phi) is 14.5. The third-order valence-corrected chi connectivity index (χ3v) is 5.23. The molecule has 0 saturated carbocycles. The minimum absolute atomic E-state index is 0.0695. The first-order valence-corrected chi connectivity index (χ1v) is 12.0. The number of hydrogen-bond donors (Lipinski definition) is 7. The van der Waals surface area contributed by atoms with Crippen molar-refractivity contribution in [3.8, 4) is 0 Å². The summed E-state index contributed by atoms with van der Waals surface area (Å²) in [6, 6.07) is -5.33. The maximum Gasteiger partial charge on any atom is 0.326 e. The first-order chi connectivity index (χ1) is 15.8. The molecular weight excluding hydrogens is 472 g/mol. The van der Waals surface area contributed by atoms with Gasteiger partial charge >= 0.3 is 17.9 Å². The second-order valence-corrected chi connectivity index (χ2v) is 9.06. The molecule has 0 aliphatic carbocycles. The number of hydrogen-bond acceptors (Lipinski definition) is 8. The first-order valence-electron chi connectivity index (χ1n) is 10.6. The van der Waals surface area contributed by atoms with Crippen LogP contribution in [0.3, 0.4) is 0 Å². The standard InChI is InChI=1S/C20H34N4O9S/c1-10(2)8-14(20(32)33)24-19(31)13(9-16(27)28)23-18(30)12(4-5-15(25)26)22-17(29)11(21)6-7-34-3/h10-14H,4-9,21H2,1-3H3,(H,22,29)(H,23,30)(H,24,31)(H,25,26)(H,27,28)(H,32,33). The van der Waals surface area contributed by atoms with E-state index in [1.165, 1.54) is 11.8 Å². The van der Waals surface area contributed by atoms with Crippen molar-refractivity contribution in [2.24, 2.45) is 11.7 Å². The van der Waals surface area contributed by atoms with Crippen molar-refractivity contribution >= 4 is 47.4 Å². The van der Waals surface area contributed by atoms with Crippen molar-refractivity contribution in [3.05, 3.63) is 0 Å². The van der Waals surface area contributed by atoms with E-state index in [-0.39, 0.29) is 18.8 Å². The van der Waals surface area contributed by atoms with Crippen LogP contribution in [-0.2, 0) is 28.8 Å².